The van der Waals surface area contributed by atoms with Gasteiger partial charge in [-0.3, -0.25) is 9.79 Å². The van der Waals surface area contributed by atoms with Crippen LogP contribution in [0.2, 0.25) is 0 Å². The van der Waals surface area contributed by atoms with Crippen molar-refractivity contribution in [1.29, 1.82) is 0 Å². The Bertz CT molecular complexity index is 925. The Morgan fingerprint density at radius 2 is 2.30 bits per heavy atom. The average molecular weight is 371 g/mol. The molecule has 0 radical (unpaired) electrons. The quantitative estimate of drug-likeness (QED) is 0.813. The van der Waals surface area contributed by atoms with E-state index in [1.807, 2.05) is 6.92 Å². The molecule has 27 heavy (non-hydrogen) atoms. The minimum absolute atomic E-state index is 0.0455. The lowest BCUT2D eigenvalue weighted by atomic mass is 9.98. The Kier molecular flexibility index (Phi) is 5.75. The van der Waals surface area contributed by atoms with E-state index in [1.165, 1.54) is 16.8 Å². The van der Waals surface area contributed by atoms with E-state index in [1.54, 1.807) is 18.2 Å². The second kappa shape index (κ2) is 8.22. The number of nitrogen functional groups attached to an aromatic ring is 1. The summed E-state index contributed by atoms with van der Waals surface area (Å²) in [5.74, 6) is -0.225. The summed E-state index contributed by atoms with van der Waals surface area (Å²) in [5, 5.41) is 8.18. The first-order valence-electron chi connectivity index (χ1n) is 8.76. The molecule has 0 saturated carbocycles. The Balaban J connectivity index is 1.92. The summed E-state index contributed by atoms with van der Waals surface area (Å²) >= 11 is 0. The molecule has 0 unspecified atom stereocenters. The number of rotatable bonds is 5. The molecule has 0 amide bonds. The maximum Gasteiger partial charge on any atom is 0.293 e. The molecular weight excluding hydrogens is 349 g/mol. The first-order valence-corrected chi connectivity index (χ1v) is 8.76. The van der Waals surface area contributed by atoms with Gasteiger partial charge in [0.2, 0.25) is 0 Å². The van der Waals surface area contributed by atoms with Crippen LogP contribution in [-0.4, -0.2) is 33.9 Å². The fourth-order valence-electron chi connectivity index (χ4n) is 3.08. The zero-order valence-corrected chi connectivity index (χ0v) is 15.1. The number of ether oxygens (including phenoxy) is 1. The second-order valence-electron chi connectivity index (χ2n) is 6.51. The lowest BCUT2D eigenvalue weighted by Crippen LogP contribution is -2.38. The van der Waals surface area contributed by atoms with Crippen LogP contribution in [0, 0.1) is 11.7 Å². The number of aromatic nitrogens is 3. The van der Waals surface area contributed by atoms with E-state index in [0.29, 0.717) is 30.9 Å². The van der Waals surface area contributed by atoms with Crippen LogP contribution in [0.3, 0.4) is 0 Å². The van der Waals surface area contributed by atoms with Gasteiger partial charge in [0.1, 0.15) is 17.2 Å². The third-order valence-electron chi connectivity index (χ3n) is 4.66. The van der Waals surface area contributed by atoms with Crippen molar-refractivity contribution in [3.8, 4) is 0 Å². The number of halogens is 1. The summed E-state index contributed by atoms with van der Waals surface area (Å²) < 4.78 is 20.5. The third-order valence-corrected chi connectivity index (χ3v) is 4.66. The standard InChI is InChI=1S/C19H22FN5O2/c1-3-15(22-10-13-6-4-5-7-14(13)20)18-17(21)19(26)25(24-23-18)16-8-9-27-11-12(16)2/h3-7,12,16H,1,8-11,21H2,2H3/t12-,16+/m0/s1. The van der Waals surface area contributed by atoms with E-state index < -0.39 is 5.56 Å². The number of anilines is 1. The lowest BCUT2D eigenvalue weighted by molar-refractivity contribution is 0.0226. The van der Waals surface area contributed by atoms with E-state index in [4.69, 9.17) is 10.5 Å². The van der Waals surface area contributed by atoms with Gasteiger partial charge < -0.3 is 10.5 Å². The lowest BCUT2D eigenvalue weighted by Gasteiger charge is -2.29. The average Bonchev–Trinajstić information content (AvgIpc) is 2.67. The maximum absolute atomic E-state index is 13.8. The number of benzene rings is 1. The van der Waals surface area contributed by atoms with Crippen molar-refractivity contribution < 1.29 is 9.13 Å². The van der Waals surface area contributed by atoms with Crippen LogP contribution >= 0.6 is 0 Å². The highest BCUT2D eigenvalue weighted by molar-refractivity contribution is 6.09. The van der Waals surface area contributed by atoms with Crippen molar-refractivity contribution in [2.75, 3.05) is 18.9 Å². The van der Waals surface area contributed by atoms with Crippen LogP contribution in [0.25, 0.3) is 0 Å². The molecule has 1 aliphatic heterocycles. The number of allylic oxidation sites excluding steroid dienone is 1. The summed E-state index contributed by atoms with van der Waals surface area (Å²) in [7, 11) is 0. The van der Waals surface area contributed by atoms with Gasteiger partial charge >= 0.3 is 0 Å². The van der Waals surface area contributed by atoms with E-state index >= 15 is 0 Å². The van der Waals surface area contributed by atoms with Crippen LogP contribution < -0.4 is 11.3 Å². The van der Waals surface area contributed by atoms with Gasteiger partial charge in [-0.15, -0.1) is 5.10 Å². The Morgan fingerprint density at radius 1 is 1.52 bits per heavy atom. The van der Waals surface area contributed by atoms with Crippen LogP contribution in [0.5, 0.6) is 0 Å². The molecule has 8 heteroatoms. The molecule has 0 aliphatic carbocycles. The van der Waals surface area contributed by atoms with Gasteiger partial charge in [0.15, 0.2) is 0 Å². The summed E-state index contributed by atoms with van der Waals surface area (Å²) in [6.45, 7) is 6.89. The molecule has 2 N–H and O–H groups in total. The Hall–Kier alpha value is -2.87. The van der Waals surface area contributed by atoms with Gasteiger partial charge in [-0.1, -0.05) is 36.9 Å². The molecule has 1 fully saturated rings. The molecule has 3 rings (SSSR count). The third kappa shape index (κ3) is 3.95. The second-order valence-corrected chi connectivity index (χ2v) is 6.51. The van der Waals surface area contributed by atoms with Crippen molar-refractivity contribution in [3.63, 3.8) is 0 Å². The van der Waals surface area contributed by atoms with Crippen molar-refractivity contribution in [1.82, 2.24) is 15.0 Å². The number of aliphatic imine (C=N–C) groups is 1. The highest BCUT2D eigenvalue weighted by Crippen LogP contribution is 2.24. The molecule has 142 valence electrons. The van der Waals surface area contributed by atoms with Crippen molar-refractivity contribution in [2.45, 2.75) is 25.9 Å². The molecule has 2 heterocycles. The Morgan fingerprint density at radius 3 is 3.00 bits per heavy atom. The molecular formula is C19H22FN5O2. The molecule has 0 bridgehead atoms. The number of hydrogen-bond acceptors (Lipinski definition) is 6. The van der Waals surface area contributed by atoms with Gasteiger partial charge in [0, 0.05) is 18.1 Å². The number of nitrogens with zero attached hydrogens (tertiary/aromatic N) is 4. The van der Waals surface area contributed by atoms with Crippen molar-refractivity contribution in [2.24, 2.45) is 10.9 Å². The van der Waals surface area contributed by atoms with Crippen molar-refractivity contribution in [3.05, 3.63) is 64.3 Å². The van der Waals surface area contributed by atoms with Gasteiger partial charge in [-0.2, -0.15) is 0 Å². The molecule has 2 atom stereocenters. The molecule has 0 spiro atoms. The topological polar surface area (TPSA) is 95.4 Å². The largest absolute Gasteiger partial charge is 0.392 e. The summed E-state index contributed by atoms with van der Waals surface area (Å²) in [5.41, 5.74) is 6.46. The molecule has 2 aromatic rings. The van der Waals surface area contributed by atoms with E-state index in [2.05, 4.69) is 21.9 Å². The van der Waals surface area contributed by atoms with Crippen LogP contribution in [-0.2, 0) is 11.3 Å². The van der Waals surface area contributed by atoms with Crippen LogP contribution in [0.15, 0.2) is 46.7 Å². The monoisotopic (exact) mass is 371 g/mol. The molecule has 1 aromatic heterocycles. The highest BCUT2D eigenvalue weighted by atomic mass is 19.1. The van der Waals surface area contributed by atoms with E-state index in [-0.39, 0.29) is 35.7 Å². The highest BCUT2D eigenvalue weighted by Gasteiger charge is 2.27. The van der Waals surface area contributed by atoms with Gasteiger partial charge in [-0.05, 0) is 18.6 Å². The number of hydrogen-bond donors (Lipinski definition) is 1. The normalized spacial score (nSPS) is 20.4. The maximum atomic E-state index is 13.8. The molecule has 1 saturated heterocycles. The first-order chi connectivity index (χ1) is 13.0. The molecule has 1 aliphatic rings. The summed E-state index contributed by atoms with van der Waals surface area (Å²) in [6.07, 6.45) is 2.10. The fourth-order valence-corrected chi connectivity index (χ4v) is 3.08. The fraction of sp³-hybridized carbons (Fsp3) is 0.368. The van der Waals surface area contributed by atoms with Crippen LogP contribution in [0.1, 0.15) is 30.6 Å². The summed E-state index contributed by atoms with van der Waals surface area (Å²) in [6, 6.07) is 6.23. The SMILES string of the molecule is C=CC(=NCc1ccccc1F)c1nnn([C@@H]2CCOC[C@@H]2C)c(=O)c1N. The zero-order valence-electron chi connectivity index (χ0n) is 15.1. The molecule has 7 nitrogen and oxygen atoms in total. The van der Waals surface area contributed by atoms with Crippen LogP contribution in [0.4, 0.5) is 10.1 Å². The minimum Gasteiger partial charge on any atom is -0.392 e. The van der Waals surface area contributed by atoms with Gasteiger partial charge in [0.05, 0.1) is 24.9 Å². The van der Waals surface area contributed by atoms with Gasteiger partial charge in [-0.25, -0.2) is 9.07 Å². The van der Waals surface area contributed by atoms with E-state index in [9.17, 15) is 9.18 Å². The number of nitrogens with two attached hydrogens (primary N) is 1. The van der Waals surface area contributed by atoms with Crippen molar-refractivity contribution >= 4 is 11.4 Å². The minimum atomic E-state index is -0.417. The predicted molar refractivity (Wildman–Crippen MR) is 101 cm³/mol. The Labute approximate surface area is 156 Å². The first kappa shape index (κ1) is 18.9. The van der Waals surface area contributed by atoms with E-state index in [0.717, 1.165) is 0 Å². The summed E-state index contributed by atoms with van der Waals surface area (Å²) in [4.78, 5) is 17.0. The molecule has 1 aromatic carbocycles. The zero-order chi connectivity index (χ0) is 19.4. The smallest absolute Gasteiger partial charge is 0.293 e. The van der Waals surface area contributed by atoms with Gasteiger partial charge in [0.25, 0.3) is 5.56 Å². The predicted octanol–water partition coefficient (Wildman–Crippen LogP) is 2.13.